The molecule has 1 amide bonds. The number of rotatable bonds is 5. The maximum absolute atomic E-state index is 13.3. The van der Waals surface area contributed by atoms with E-state index in [1.54, 1.807) is 12.1 Å². The predicted molar refractivity (Wildman–Crippen MR) is 62.9 cm³/mol. The van der Waals surface area contributed by atoms with E-state index >= 15 is 0 Å². The lowest BCUT2D eigenvalue weighted by molar-refractivity contribution is -0.114. The number of hydrogen-bond acceptors (Lipinski definition) is 3. The van der Waals surface area contributed by atoms with Crippen LogP contribution in [0.15, 0.2) is 18.2 Å². The first-order chi connectivity index (χ1) is 7.63. The van der Waals surface area contributed by atoms with Crippen LogP contribution in [-0.2, 0) is 4.79 Å². The third-order valence-electron chi connectivity index (χ3n) is 1.99. The number of anilines is 2. The summed E-state index contributed by atoms with van der Waals surface area (Å²) in [7, 11) is 0. The molecule has 0 fully saturated rings. The smallest absolute Gasteiger partial charge is 0.221 e. The molecule has 0 aliphatic rings. The molecule has 5 heteroatoms. The highest BCUT2D eigenvalue weighted by Crippen LogP contribution is 2.19. The molecule has 0 aliphatic heterocycles. The molecule has 1 aromatic rings. The number of hydrogen-bond donors (Lipinski definition) is 3. The van der Waals surface area contributed by atoms with Crippen molar-refractivity contribution < 1.29 is 9.18 Å². The van der Waals surface area contributed by atoms with Crippen LogP contribution in [0.5, 0.6) is 0 Å². The van der Waals surface area contributed by atoms with Gasteiger partial charge >= 0.3 is 0 Å². The zero-order valence-corrected chi connectivity index (χ0v) is 9.22. The maximum Gasteiger partial charge on any atom is 0.221 e. The number of amides is 1. The van der Waals surface area contributed by atoms with Gasteiger partial charge in [-0.05, 0) is 31.2 Å². The van der Waals surface area contributed by atoms with E-state index in [0.29, 0.717) is 6.54 Å². The fraction of sp³-hybridized carbons (Fsp3) is 0.364. The van der Waals surface area contributed by atoms with Crippen molar-refractivity contribution in [1.82, 2.24) is 0 Å². The monoisotopic (exact) mass is 225 g/mol. The van der Waals surface area contributed by atoms with Crippen LogP contribution >= 0.6 is 0 Å². The minimum Gasteiger partial charge on any atom is -0.385 e. The third kappa shape index (κ3) is 3.86. The van der Waals surface area contributed by atoms with Crippen molar-refractivity contribution in [2.75, 3.05) is 23.7 Å². The molecule has 0 aliphatic carbocycles. The van der Waals surface area contributed by atoms with Crippen LogP contribution in [0.1, 0.15) is 13.3 Å². The molecule has 0 atom stereocenters. The number of benzene rings is 1. The average molecular weight is 225 g/mol. The second-order valence-corrected chi connectivity index (χ2v) is 3.44. The first kappa shape index (κ1) is 12.4. The topological polar surface area (TPSA) is 67.2 Å². The standard InChI is InChI=1S/C11H16FN3O/c1-8(16)15-11-7-9(3-4-10(11)12)14-6-2-5-13/h3-4,7,14H,2,5-6,13H2,1H3,(H,15,16). The van der Waals surface area contributed by atoms with Crippen molar-refractivity contribution >= 4 is 17.3 Å². The Labute approximate surface area is 94.0 Å². The van der Waals surface area contributed by atoms with E-state index in [1.807, 2.05) is 0 Å². The second kappa shape index (κ2) is 6.07. The largest absolute Gasteiger partial charge is 0.385 e. The molecule has 0 saturated heterocycles. The molecule has 1 rings (SSSR count). The van der Waals surface area contributed by atoms with Crippen molar-refractivity contribution in [1.29, 1.82) is 0 Å². The summed E-state index contributed by atoms with van der Waals surface area (Å²) < 4.78 is 13.3. The van der Waals surface area contributed by atoms with Gasteiger partial charge in [-0.1, -0.05) is 0 Å². The summed E-state index contributed by atoms with van der Waals surface area (Å²) in [6.45, 7) is 2.67. The van der Waals surface area contributed by atoms with Crippen LogP contribution < -0.4 is 16.4 Å². The Morgan fingerprint density at radius 2 is 2.25 bits per heavy atom. The van der Waals surface area contributed by atoms with E-state index in [2.05, 4.69) is 10.6 Å². The number of halogens is 1. The van der Waals surface area contributed by atoms with Gasteiger partial charge in [-0.3, -0.25) is 4.79 Å². The van der Waals surface area contributed by atoms with E-state index in [1.165, 1.54) is 13.0 Å². The van der Waals surface area contributed by atoms with Crippen LogP contribution in [0.25, 0.3) is 0 Å². The summed E-state index contributed by atoms with van der Waals surface area (Å²) in [4.78, 5) is 10.8. The highest BCUT2D eigenvalue weighted by Gasteiger charge is 2.04. The summed E-state index contributed by atoms with van der Waals surface area (Å²) in [5.74, 6) is -0.738. The minimum atomic E-state index is -0.445. The molecule has 4 nitrogen and oxygen atoms in total. The predicted octanol–water partition coefficient (Wildman–Crippen LogP) is 1.54. The number of nitrogens with two attached hydrogens (primary N) is 1. The summed E-state index contributed by atoms with van der Waals surface area (Å²) >= 11 is 0. The molecular formula is C11H16FN3O. The molecule has 1 aromatic carbocycles. The van der Waals surface area contributed by atoms with Crippen molar-refractivity contribution in [2.24, 2.45) is 5.73 Å². The molecule has 0 spiro atoms. The minimum absolute atomic E-state index is 0.185. The molecule has 0 unspecified atom stereocenters. The van der Waals surface area contributed by atoms with Gasteiger partial charge in [-0.25, -0.2) is 4.39 Å². The third-order valence-corrected chi connectivity index (χ3v) is 1.99. The Bertz CT molecular complexity index is 368. The van der Waals surface area contributed by atoms with Gasteiger partial charge in [0.25, 0.3) is 0 Å². The molecule has 0 heterocycles. The van der Waals surface area contributed by atoms with Gasteiger partial charge < -0.3 is 16.4 Å². The van der Waals surface area contributed by atoms with Crippen LogP contribution in [0.2, 0.25) is 0 Å². The van der Waals surface area contributed by atoms with E-state index < -0.39 is 5.82 Å². The summed E-state index contributed by atoms with van der Waals surface area (Å²) in [5, 5.41) is 5.51. The number of carbonyl (C=O) groups excluding carboxylic acids is 1. The van der Waals surface area contributed by atoms with Gasteiger partial charge in [0.1, 0.15) is 5.82 Å². The molecule has 16 heavy (non-hydrogen) atoms. The fourth-order valence-electron chi connectivity index (χ4n) is 1.26. The van der Waals surface area contributed by atoms with E-state index in [0.717, 1.165) is 18.7 Å². The first-order valence-electron chi connectivity index (χ1n) is 5.14. The van der Waals surface area contributed by atoms with Crippen molar-refractivity contribution in [3.8, 4) is 0 Å². The van der Waals surface area contributed by atoms with Crippen molar-refractivity contribution in [3.63, 3.8) is 0 Å². The maximum atomic E-state index is 13.3. The molecule has 0 aromatic heterocycles. The van der Waals surface area contributed by atoms with Crippen molar-refractivity contribution in [2.45, 2.75) is 13.3 Å². The molecule has 0 bridgehead atoms. The van der Waals surface area contributed by atoms with Crippen LogP contribution in [0.3, 0.4) is 0 Å². The highest BCUT2D eigenvalue weighted by atomic mass is 19.1. The molecule has 4 N–H and O–H groups in total. The first-order valence-corrected chi connectivity index (χ1v) is 5.14. The highest BCUT2D eigenvalue weighted by molar-refractivity contribution is 5.89. The molecule has 0 radical (unpaired) electrons. The van der Waals surface area contributed by atoms with Gasteiger partial charge in [-0.15, -0.1) is 0 Å². The number of carbonyl (C=O) groups is 1. The van der Waals surface area contributed by atoms with Crippen LogP contribution in [-0.4, -0.2) is 19.0 Å². The molecule has 88 valence electrons. The average Bonchev–Trinajstić information content (AvgIpc) is 2.22. The Kier molecular flexibility index (Phi) is 4.72. The lowest BCUT2D eigenvalue weighted by Gasteiger charge is -2.09. The van der Waals surface area contributed by atoms with Gasteiger partial charge in [0.05, 0.1) is 5.69 Å². The Hall–Kier alpha value is -1.62. The van der Waals surface area contributed by atoms with Crippen LogP contribution in [0, 0.1) is 5.82 Å². The van der Waals surface area contributed by atoms with E-state index in [9.17, 15) is 9.18 Å². The Morgan fingerprint density at radius 3 is 2.88 bits per heavy atom. The number of nitrogens with one attached hydrogen (secondary N) is 2. The van der Waals surface area contributed by atoms with E-state index in [-0.39, 0.29) is 11.6 Å². The Morgan fingerprint density at radius 1 is 1.50 bits per heavy atom. The second-order valence-electron chi connectivity index (χ2n) is 3.44. The molecular weight excluding hydrogens is 209 g/mol. The zero-order valence-electron chi connectivity index (χ0n) is 9.22. The summed E-state index contributed by atoms with van der Waals surface area (Å²) in [6.07, 6.45) is 0.840. The van der Waals surface area contributed by atoms with Gasteiger partial charge in [0.15, 0.2) is 0 Å². The molecule has 0 saturated carbocycles. The zero-order chi connectivity index (χ0) is 12.0. The normalized spacial score (nSPS) is 9.94. The SMILES string of the molecule is CC(=O)Nc1cc(NCCCN)ccc1F. The van der Waals surface area contributed by atoms with E-state index in [4.69, 9.17) is 5.73 Å². The van der Waals surface area contributed by atoms with Gasteiger partial charge in [0, 0.05) is 19.2 Å². The summed E-state index contributed by atoms with van der Waals surface area (Å²) in [6, 6.07) is 4.50. The van der Waals surface area contributed by atoms with Gasteiger partial charge in [-0.2, -0.15) is 0 Å². The quantitative estimate of drug-likeness (QED) is 0.666. The lowest BCUT2D eigenvalue weighted by Crippen LogP contribution is -2.10. The van der Waals surface area contributed by atoms with Gasteiger partial charge in [0.2, 0.25) is 5.91 Å². The van der Waals surface area contributed by atoms with Crippen LogP contribution in [0.4, 0.5) is 15.8 Å². The Balaban J connectivity index is 2.69. The van der Waals surface area contributed by atoms with Crippen molar-refractivity contribution in [3.05, 3.63) is 24.0 Å². The summed E-state index contributed by atoms with van der Waals surface area (Å²) in [5.41, 5.74) is 6.30. The fourth-order valence-corrected chi connectivity index (χ4v) is 1.26. The lowest BCUT2D eigenvalue weighted by atomic mass is 10.2.